The van der Waals surface area contributed by atoms with Crippen LogP contribution in [0.5, 0.6) is 0 Å². The van der Waals surface area contributed by atoms with E-state index in [1.165, 1.54) is 10.4 Å². The fraction of sp³-hybridized carbons (Fsp3) is 0.133. The van der Waals surface area contributed by atoms with Crippen molar-refractivity contribution in [3.63, 3.8) is 0 Å². The highest BCUT2D eigenvalue weighted by Gasteiger charge is 2.24. The molecule has 0 radical (unpaired) electrons. The summed E-state index contributed by atoms with van der Waals surface area (Å²) in [5.74, 6) is 0.673. The van der Waals surface area contributed by atoms with E-state index in [1.54, 1.807) is 11.3 Å². The van der Waals surface area contributed by atoms with Crippen molar-refractivity contribution in [3.8, 4) is 0 Å². The van der Waals surface area contributed by atoms with E-state index in [1.807, 2.05) is 10.7 Å². The van der Waals surface area contributed by atoms with Crippen LogP contribution in [0.1, 0.15) is 22.0 Å². The third-order valence-corrected chi connectivity index (χ3v) is 4.47. The molecule has 1 aliphatic heterocycles. The van der Waals surface area contributed by atoms with E-state index in [-0.39, 0.29) is 6.04 Å². The molecule has 0 fully saturated rings. The molecular weight excluding hydrogens is 282 g/mol. The van der Waals surface area contributed by atoms with Gasteiger partial charge in [-0.05, 0) is 40.4 Å². The Hall–Kier alpha value is -2.47. The van der Waals surface area contributed by atoms with Gasteiger partial charge in [0.05, 0.1) is 0 Å². The molecule has 1 N–H and O–H groups in total. The normalized spacial score (nSPS) is 17.0. The number of thiophene rings is 1. The molecule has 0 spiro atoms. The number of allylic oxidation sites excluding steroid dienone is 1. The van der Waals surface area contributed by atoms with Crippen LogP contribution < -0.4 is 5.32 Å². The fourth-order valence-corrected chi connectivity index (χ4v) is 3.20. The Morgan fingerprint density at radius 2 is 2.05 bits per heavy atom. The maximum Gasteiger partial charge on any atom is 0.248 e. The summed E-state index contributed by atoms with van der Waals surface area (Å²) in [5, 5.41) is 17.3. The van der Waals surface area contributed by atoms with Gasteiger partial charge in [-0.2, -0.15) is 4.68 Å². The Balaban J connectivity index is 1.80. The van der Waals surface area contributed by atoms with Gasteiger partial charge in [0, 0.05) is 10.6 Å². The number of rotatable bonds is 2. The second-order valence-corrected chi connectivity index (χ2v) is 5.96. The first-order valence-corrected chi connectivity index (χ1v) is 7.56. The van der Waals surface area contributed by atoms with Gasteiger partial charge >= 0.3 is 0 Å². The summed E-state index contributed by atoms with van der Waals surface area (Å²) in [4.78, 5) is 1.22. The highest BCUT2D eigenvalue weighted by Crippen LogP contribution is 2.33. The summed E-state index contributed by atoms with van der Waals surface area (Å²) in [5.41, 5.74) is 3.42. The Kier molecular flexibility index (Phi) is 2.82. The Morgan fingerprint density at radius 1 is 1.19 bits per heavy atom. The average Bonchev–Trinajstić information content (AvgIpc) is 3.18. The first-order valence-electron chi connectivity index (χ1n) is 6.68. The molecule has 0 bridgehead atoms. The smallest absolute Gasteiger partial charge is 0.248 e. The number of fused-ring (bicyclic) bond motifs is 1. The van der Waals surface area contributed by atoms with Crippen LogP contribution in [0.4, 0.5) is 5.95 Å². The molecule has 104 valence electrons. The van der Waals surface area contributed by atoms with Gasteiger partial charge in [0.25, 0.3) is 0 Å². The molecule has 3 aromatic rings. The molecule has 5 nitrogen and oxygen atoms in total. The van der Waals surface area contributed by atoms with Gasteiger partial charge in [0.1, 0.15) is 6.04 Å². The lowest BCUT2D eigenvalue weighted by atomic mass is 10.1. The Labute approximate surface area is 125 Å². The molecule has 0 amide bonds. The lowest BCUT2D eigenvalue weighted by Crippen LogP contribution is -2.19. The van der Waals surface area contributed by atoms with Crippen molar-refractivity contribution in [1.82, 2.24) is 20.2 Å². The average molecular weight is 295 g/mol. The predicted molar refractivity (Wildman–Crippen MR) is 83.1 cm³/mol. The molecule has 0 saturated heterocycles. The topological polar surface area (TPSA) is 55.6 Å². The van der Waals surface area contributed by atoms with Crippen molar-refractivity contribution >= 4 is 23.0 Å². The maximum absolute atomic E-state index is 4.09. The van der Waals surface area contributed by atoms with E-state index in [2.05, 4.69) is 69.6 Å². The van der Waals surface area contributed by atoms with E-state index < -0.39 is 0 Å². The van der Waals surface area contributed by atoms with Crippen LogP contribution in [-0.4, -0.2) is 20.2 Å². The summed E-state index contributed by atoms with van der Waals surface area (Å²) in [7, 11) is 0. The van der Waals surface area contributed by atoms with Crippen LogP contribution >= 0.6 is 11.3 Å². The number of nitrogens with zero attached hydrogens (tertiary/aromatic N) is 4. The highest BCUT2D eigenvalue weighted by atomic mass is 32.1. The zero-order valence-electron chi connectivity index (χ0n) is 11.4. The van der Waals surface area contributed by atoms with Crippen molar-refractivity contribution in [1.29, 1.82) is 0 Å². The third-order valence-electron chi connectivity index (χ3n) is 3.52. The minimum Gasteiger partial charge on any atom is -0.323 e. The van der Waals surface area contributed by atoms with E-state index >= 15 is 0 Å². The van der Waals surface area contributed by atoms with Gasteiger partial charge in [0.2, 0.25) is 5.95 Å². The zero-order chi connectivity index (χ0) is 14.2. The number of aryl methyl sites for hydroxylation is 1. The minimum atomic E-state index is 0.0348. The van der Waals surface area contributed by atoms with Gasteiger partial charge in [-0.25, -0.2) is 0 Å². The molecule has 0 saturated carbocycles. The molecule has 2 aromatic heterocycles. The quantitative estimate of drug-likeness (QED) is 0.789. The standard InChI is InChI=1S/C15H13N5S/c1-10-4-6-11(7-5-10)12-9-13(14-3-2-8-21-14)20-15(16-12)17-18-19-20/h2-9,13H,1H3,(H,16,17,19)/t13-/m1/s1. The largest absolute Gasteiger partial charge is 0.323 e. The lowest BCUT2D eigenvalue weighted by Gasteiger charge is -2.22. The summed E-state index contributed by atoms with van der Waals surface area (Å²) >= 11 is 1.71. The Bertz CT molecular complexity index is 786. The summed E-state index contributed by atoms with van der Waals surface area (Å²) in [6.45, 7) is 2.08. The van der Waals surface area contributed by atoms with Gasteiger partial charge in [-0.15, -0.1) is 11.3 Å². The molecule has 4 rings (SSSR count). The molecule has 21 heavy (non-hydrogen) atoms. The maximum atomic E-state index is 4.09. The van der Waals surface area contributed by atoms with Crippen LogP contribution in [0.25, 0.3) is 5.70 Å². The molecular formula is C15H13N5S. The van der Waals surface area contributed by atoms with Gasteiger partial charge in [-0.1, -0.05) is 41.0 Å². The van der Waals surface area contributed by atoms with Crippen LogP contribution in [0.2, 0.25) is 0 Å². The summed E-state index contributed by atoms with van der Waals surface area (Å²) in [6.07, 6.45) is 2.17. The second-order valence-electron chi connectivity index (χ2n) is 4.98. The van der Waals surface area contributed by atoms with E-state index in [4.69, 9.17) is 0 Å². The summed E-state index contributed by atoms with van der Waals surface area (Å²) < 4.78 is 1.81. The van der Waals surface area contributed by atoms with E-state index in [9.17, 15) is 0 Å². The van der Waals surface area contributed by atoms with Crippen molar-refractivity contribution < 1.29 is 0 Å². The second kappa shape index (κ2) is 4.82. The minimum absolute atomic E-state index is 0.0348. The van der Waals surface area contributed by atoms with Crippen molar-refractivity contribution in [2.45, 2.75) is 13.0 Å². The number of tetrazole rings is 1. The molecule has 6 heteroatoms. The molecule has 1 aliphatic rings. The van der Waals surface area contributed by atoms with Crippen molar-refractivity contribution in [2.75, 3.05) is 5.32 Å². The number of nitrogens with one attached hydrogen (secondary N) is 1. The number of hydrogen-bond acceptors (Lipinski definition) is 5. The molecule has 1 aromatic carbocycles. The first kappa shape index (κ1) is 12.3. The van der Waals surface area contributed by atoms with Crippen molar-refractivity contribution in [3.05, 3.63) is 63.9 Å². The van der Waals surface area contributed by atoms with Gasteiger partial charge in [-0.3, -0.25) is 0 Å². The molecule has 3 heterocycles. The molecule has 0 unspecified atom stereocenters. The monoisotopic (exact) mass is 295 g/mol. The van der Waals surface area contributed by atoms with Crippen LogP contribution in [-0.2, 0) is 0 Å². The van der Waals surface area contributed by atoms with Gasteiger partial charge < -0.3 is 5.32 Å². The zero-order valence-corrected chi connectivity index (χ0v) is 12.2. The molecule has 0 aliphatic carbocycles. The van der Waals surface area contributed by atoms with Crippen molar-refractivity contribution in [2.24, 2.45) is 0 Å². The fourth-order valence-electron chi connectivity index (χ4n) is 2.42. The number of anilines is 1. The third kappa shape index (κ3) is 2.13. The van der Waals surface area contributed by atoms with Crippen LogP contribution in [0.15, 0.2) is 47.9 Å². The van der Waals surface area contributed by atoms with Gasteiger partial charge in [0.15, 0.2) is 0 Å². The SMILES string of the molecule is Cc1ccc(C2=C[C@H](c3cccs3)n3nnnc3N2)cc1. The van der Waals surface area contributed by atoms with Crippen LogP contribution in [0, 0.1) is 6.92 Å². The van der Waals surface area contributed by atoms with Crippen LogP contribution in [0.3, 0.4) is 0 Å². The molecule has 1 atom stereocenters. The lowest BCUT2D eigenvalue weighted by molar-refractivity contribution is 0.593. The first-order chi connectivity index (χ1) is 10.3. The van der Waals surface area contributed by atoms with E-state index in [0.717, 1.165) is 11.3 Å². The number of hydrogen-bond donors (Lipinski definition) is 1. The highest BCUT2D eigenvalue weighted by molar-refractivity contribution is 7.10. The summed E-state index contributed by atoms with van der Waals surface area (Å²) in [6, 6.07) is 12.6. The number of benzene rings is 1. The number of aromatic nitrogens is 4. The predicted octanol–water partition coefficient (Wildman–Crippen LogP) is 3.10. The Morgan fingerprint density at radius 3 is 2.81 bits per heavy atom. The van der Waals surface area contributed by atoms with E-state index in [0.29, 0.717) is 5.95 Å².